The monoisotopic (exact) mass is 1010 g/mol. The third-order valence-corrected chi connectivity index (χ3v) is 4.71. The van der Waals surface area contributed by atoms with Gasteiger partial charge in [0.2, 0.25) is 0 Å². The van der Waals surface area contributed by atoms with Crippen molar-refractivity contribution in [1.29, 1.82) is 0 Å². The van der Waals surface area contributed by atoms with E-state index in [0.29, 0.717) is 11.5 Å². The van der Waals surface area contributed by atoms with Crippen LogP contribution in [0.1, 0.15) is 28.9 Å². The second-order valence-corrected chi connectivity index (χ2v) is 8.48. The molecule has 0 aliphatic rings. The molecule has 7 heterocycles. The minimum absolute atomic E-state index is 0. The first-order valence-corrected chi connectivity index (χ1v) is 13.3. The Labute approximate surface area is 399 Å². The van der Waals surface area contributed by atoms with Crippen LogP contribution >= 0.6 is 23.1 Å². The van der Waals surface area contributed by atoms with Gasteiger partial charge in [0.05, 0.1) is 6.39 Å². The summed E-state index contributed by atoms with van der Waals surface area (Å²) in [6.07, 6.45) is 13.7. The summed E-state index contributed by atoms with van der Waals surface area (Å²) in [6, 6.07) is 5.89. The van der Waals surface area contributed by atoms with E-state index in [1.807, 2.05) is 76.2 Å². The molecule has 1 N–H and O–H groups in total. The predicted molar refractivity (Wildman–Crippen MR) is 172 cm³/mol. The largest absolute Gasteiger partial charge is 0.548 e. The fourth-order valence-electron chi connectivity index (χ4n) is 1.80. The van der Waals surface area contributed by atoms with Crippen molar-refractivity contribution in [2.75, 3.05) is 0 Å². The standard InChI is InChI=1S/C5H7N.C4H6N2.C3H5N3.2C3H3N2O.2C3H3N2S.3CH3.7V/c2*1-6-4-2-3-5-6;1-3-4-2-5-6-3;1-3-4-2-6-5-3;1-3-2-6-5-4-3;1-3-4-2-6-5-3;1-3-2-6-5-4-3;;;;;;;;;;/h2-5H,1H3;2-4H,1H3;2H,1H3,(H,4,5,6);4*1H3;3*1H3;;;;;;;/q;;;7*-1;;;;;;;. The van der Waals surface area contributed by atoms with E-state index in [-0.39, 0.29) is 152 Å². The van der Waals surface area contributed by atoms with Gasteiger partial charge in [0.15, 0.2) is 0 Å². The van der Waals surface area contributed by atoms with E-state index in [1.165, 1.54) is 29.4 Å². The van der Waals surface area contributed by atoms with E-state index < -0.39 is 0 Å². The molecular weight excluding hydrogens is 973 g/mol. The van der Waals surface area contributed by atoms with Crippen molar-refractivity contribution < 1.29 is 139 Å². The van der Waals surface area contributed by atoms with Crippen LogP contribution in [0.15, 0.2) is 58.4 Å². The first-order valence-electron chi connectivity index (χ1n) is 11.7. The normalized spacial score (nSPS) is 7.13. The van der Waals surface area contributed by atoms with Gasteiger partial charge in [0.25, 0.3) is 0 Å². The maximum atomic E-state index is 4.23. The Morgan fingerprint density at radius 2 is 1.37 bits per heavy atom. The molecule has 7 aromatic rings. The fourth-order valence-corrected chi connectivity index (χ4v) is 2.56. The maximum absolute atomic E-state index is 4.23. The summed E-state index contributed by atoms with van der Waals surface area (Å²) in [7, 11) is 3.89. The maximum Gasteiger partial charge on any atom is 0.137 e. The molecular formula is C27H39N14O2S2V7-7. The third kappa shape index (κ3) is 49.1. The van der Waals surface area contributed by atoms with Crippen LogP contribution in [-0.4, -0.2) is 69.0 Å². The number of nitrogens with one attached hydrogen (secondary N) is 1. The van der Waals surface area contributed by atoms with Gasteiger partial charge in [0, 0.05) is 175 Å². The van der Waals surface area contributed by atoms with Crippen molar-refractivity contribution in [1.82, 2.24) is 69.0 Å². The van der Waals surface area contributed by atoms with Crippen LogP contribution in [0.25, 0.3) is 0 Å². The van der Waals surface area contributed by atoms with Gasteiger partial charge in [-0.25, -0.2) is 22.8 Å². The molecule has 0 amide bonds. The molecule has 0 saturated carbocycles. The Hall–Kier alpha value is -0.879. The summed E-state index contributed by atoms with van der Waals surface area (Å²) in [5.41, 5.74) is 4.17. The number of hydrogen-bond acceptors (Lipinski definition) is 15. The molecule has 0 aliphatic carbocycles. The number of hydrogen-bond donors (Lipinski definition) is 1. The van der Waals surface area contributed by atoms with Crippen LogP contribution in [0.3, 0.4) is 0 Å². The zero-order valence-electron chi connectivity index (χ0n) is 30.2. The van der Waals surface area contributed by atoms with Crippen molar-refractivity contribution in [3.63, 3.8) is 0 Å². The molecule has 283 valence electrons. The van der Waals surface area contributed by atoms with Gasteiger partial charge >= 0.3 is 0 Å². The average Bonchev–Trinajstić information content (AvgIpc) is 3.79. The second kappa shape index (κ2) is 52.2. The zero-order valence-corrected chi connectivity index (χ0v) is 41.6. The second-order valence-electron chi connectivity index (χ2n) is 7.39. The number of H-pyrrole nitrogens is 1. The minimum atomic E-state index is 0. The summed E-state index contributed by atoms with van der Waals surface area (Å²) in [5, 5.41) is 26.5. The molecule has 0 fully saturated rings. The van der Waals surface area contributed by atoms with Crippen molar-refractivity contribution in [2.45, 2.75) is 34.6 Å². The van der Waals surface area contributed by atoms with Gasteiger partial charge in [-0.2, -0.15) is 37.1 Å². The van der Waals surface area contributed by atoms with Crippen molar-refractivity contribution in [3.05, 3.63) is 124 Å². The molecule has 7 radical (unpaired) electrons. The van der Waals surface area contributed by atoms with E-state index in [2.05, 4.69) is 92.3 Å². The SMILES string of the molecule is Cc1[c-]onn1.Cc1[c-]snn1.Cc1n[c-]on1.Cc1n[c-]sn1.Cc1ncn[nH]1.Cn1cccc1.Cn1cccn1.[CH3-].[CH3-].[CH3-].[V].[V].[V].[V].[V].[V].[V]. The van der Waals surface area contributed by atoms with Crippen LogP contribution in [-0.2, 0) is 144 Å². The van der Waals surface area contributed by atoms with E-state index in [1.54, 1.807) is 24.7 Å². The number of aryl methyl sites for hydroxylation is 7. The number of nitrogens with zero attached hydrogens (tertiary/aromatic N) is 13. The molecule has 52 heavy (non-hydrogen) atoms. The number of aromatic amines is 1. The Bertz CT molecular complexity index is 1130. The average molecular weight is 1010 g/mol. The van der Waals surface area contributed by atoms with Crippen LogP contribution in [0.4, 0.5) is 0 Å². The Morgan fingerprint density at radius 3 is 1.50 bits per heavy atom. The molecule has 0 atom stereocenters. The Morgan fingerprint density at radius 1 is 0.731 bits per heavy atom. The van der Waals surface area contributed by atoms with Crippen molar-refractivity contribution in [2.24, 2.45) is 14.1 Å². The fraction of sp³-hybridized carbons (Fsp3) is 0.259. The summed E-state index contributed by atoms with van der Waals surface area (Å²) in [6.45, 7) is 9.06. The molecule has 7 rings (SSSR count). The van der Waals surface area contributed by atoms with Crippen LogP contribution in [0, 0.1) is 80.4 Å². The van der Waals surface area contributed by atoms with E-state index in [9.17, 15) is 0 Å². The molecule has 25 heteroatoms. The van der Waals surface area contributed by atoms with E-state index in [0.717, 1.165) is 17.3 Å². The molecule has 0 aromatic carbocycles. The molecule has 0 spiro atoms. The van der Waals surface area contributed by atoms with E-state index in [4.69, 9.17) is 0 Å². The van der Waals surface area contributed by atoms with Gasteiger partial charge in [-0.05, 0) is 36.2 Å². The Balaban J connectivity index is -0.0000000479. The summed E-state index contributed by atoms with van der Waals surface area (Å²) in [4.78, 5) is 11.0. The van der Waals surface area contributed by atoms with Crippen LogP contribution in [0.5, 0.6) is 0 Å². The first-order chi connectivity index (χ1) is 20.3. The quantitative estimate of drug-likeness (QED) is 0.209. The molecule has 0 aliphatic heterocycles. The molecule has 0 unspecified atom stereocenters. The van der Waals surface area contributed by atoms with Gasteiger partial charge in [-0.1, -0.05) is 38.9 Å². The van der Waals surface area contributed by atoms with Gasteiger partial charge < -0.3 is 51.2 Å². The summed E-state index contributed by atoms with van der Waals surface area (Å²) >= 11 is 2.51. The molecule has 0 bridgehead atoms. The summed E-state index contributed by atoms with van der Waals surface area (Å²) in [5.74, 6) is 2.28. The minimum Gasteiger partial charge on any atom is -0.548 e. The van der Waals surface area contributed by atoms with Crippen LogP contribution in [0.2, 0.25) is 0 Å². The van der Waals surface area contributed by atoms with Crippen molar-refractivity contribution in [3.8, 4) is 0 Å². The predicted octanol–water partition coefficient (Wildman–Crippen LogP) is 4.54. The third-order valence-electron chi connectivity index (χ3n) is 3.63. The molecule has 16 nitrogen and oxygen atoms in total. The first kappa shape index (κ1) is 75.9. The number of rotatable bonds is 0. The van der Waals surface area contributed by atoms with E-state index >= 15 is 0 Å². The topological polar surface area (TPSA) is 194 Å². The summed E-state index contributed by atoms with van der Waals surface area (Å²) < 4.78 is 19.6. The number of aromatic nitrogens is 14. The molecule has 0 saturated heterocycles. The van der Waals surface area contributed by atoms with Gasteiger partial charge in [-0.15, -0.1) is 10.2 Å². The van der Waals surface area contributed by atoms with Gasteiger partial charge in [0.1, 0.15) is 12.2 Å². The van der Waals surface area contributed by atoms with Crippen LogP contribution < -0.4 is 0 Å². The van der Waals surface area contributed by atoms with Crippen molar-refractivity contribution >= 4 is 23.1 Å². The van der Waals surface area contributed by atoms with Gasteiger partial charge in [-0.3, -0.25) is 14.2 Å². The molecule has 7 aromatic heterocycles. The smallest absolute Gasteiger partial charge is 0.137 e. The zero-order chi connectivity index (χ0) is 30.8. The Kier molecular flexibility index (Phi) is 76.3.